The predicted molar refractivity (Wildman–Crippen MR) is 104 cm³/mol. The van der Waals surface area contributed by atoms with Crippen LogP contribution in [0.1, 0.15) is 5.56 Å². The fraction of sp³-hybridized carbons (Fsp3) is 0.167. The summed E-state index contributed by atoms with van der Waals surface area (Å²) in [7, 11) is 0. The van der Waals surface area contributed by atoms with Gasteiger partial charge < -0.3 is 10.6 Å². The van der Waals surface area contributed by atoms with Gasteiger partial charge in [0.05, 0.1) is 12.2 Å². The second-order valence-corrected chi connectivity index (χ2v) is 6.62. The summed E-state index contributed by atoms with van der Waals surface area (Å²) in [6, 6.07) is 14.9. The van der Waals surface area contributed by atoms with Gasteiger partial charge in [0.2, 0.25) is 17.6 Å². The van der Waals surface area contributed by atoms with Crippen LogP contribution in [0, 0.1) is 6.92 Å². The van der Waals surface area contributed by atoms with E-state index in [0.717, 1.165) is 15.6 Å². The third-order valence-electron chi connectivity index (χ3n) is 3.72. The van der Waals surface area contributed by atoms with E-state index in [4.69, 9.17) is 0 Å². The number of aromatic nitrogens is 4. The highest BCUT2D eigenvalue weighted by atomic mass is 79.9. The summed E-state index contributed by atoms with van der Waals surface area (Å²) in [6.45, 7) is 1.67. The number of aryl methyl sites for hydroxylation is 1. The van der Waals surface area contributed by atoms with Crippen molar-refractivity contribution in [2.45, 2.75) is 13.5 Å². The number of rotatable bonds is 6. The molecule has 0 atom stereocenters. The third kappa shape index (κ3) is 4.98. The summed E-state index contributed by atoms with van der Waals surface area (Å²) >= 11 is 3.35. The van der Waals surface area contributed by atoms with E-state index in [1.165, 1.54) is 4.80 Å². The largest absolute Gasteiger partial charge is 0.345 e. The van der Waals surface area contributed by atoms with Crippen LogP contribution in [0.25, 0.3) is 11.4 Å². The number of carbonyl (C=O) groups is 2. The van der Waals surface area contributed by atoms with E-state index in [-0.39, 0.29) is 24.9 Å². The monoisotopic (exact) mass is 428 g/mol. The van der Waals surface area contributed by atoms with Gasteiger partial charge in [0.1, 0.15) is 6.54 Å². The molecule has 0 aliphatic rings. The SMILES string of the molecule is Cc1ccccc1-c1nnn(CC(=O)NCC(=O)Nc2ccccc2Br)n1. The molecule has 8 nitrogen and oxygen atoms in total. The topological polar surface area (TPSA) is 102 Å². The number of nitrogens with zero attached hydrogens (tertiary/aromatic N) is 4. The minimum Gasteiger partial charge on any atom is -0.345 e. The molecular weight excluding hydrogens is 412 g/mol. The lowest BCUT2D eigenvalue weighted by molar-refractivity contribution is -0.124. The van der Waals surface area contributed by atoms with E-state index in [1.807, 2.05) is 43.3 Å². The Bertz CT molecular complexity index is 972. The summed E-state index contributed by atoms with van der Waals surface area (Å²) in [5.41, 5.74) is 2.51. The number of benzene rings is 2. The Labute approximate surface area is 164 Å². The van der Waals surface area contributed by atoms with Gasteiger partial charge in [-0.1, -0.05) is 36.4 Å². The molecule has 0 aliphatic carbocycles. The van der Waals surface area contributed by atoms with Crippen LogP contribution in [-0.4, -0.2) is 38.6 Å². The van der Waals surface area contributed by atoms with Crippen molar-refractivity contribution in [3.63, 3.8) is 0 Å². The molecule has 0 unspecified atom stereocenters. The molecule has 2 aromatic carbocycles. The highest BCUT2D eigenvalue weighted by Crippen LogP contribution is 2.20. The van der Waals surface area contributed by atoms with E-state index in [1.54, 1.807) is 12.1 Å². The molecule has 27 heavy (non-hydrogen) atoms. The number of nitrogens with one attached hydrogen (secondary N) is 2. The van der Waals surface area contributed by atoms with Gasteiger partial charge in [0, 0.05) is 10.0 Å². The number of halogens is 1. The Morgan fingerprint density at radius 1 is 1.07 bits per heavy atom. The standard InChI is InChI=1S/C18H17BrN6O2/c1-12-6-2-3-7-13(12)18-22-24-25(23-18)11-17(27)20-10-16(26)21-15-9-5-4-8-14(15)19/h2-9H,10-11H2,1H3,(H,20,27)(H,21,26). The van der Waals surface area contributed by atoms with Gasteiger partial charge >= 0.3 is 0 Å². The lowest BCUT2D eigenvalue weighted by Crippen LogP contribution is -2.35. The van der Waals surface area contributed by atoms with E-state index < -0.39 is 0 Å². The fourth-order valence-electron chi connectivity index (χ4n) is 2.36. The third-order valence-corrected chi connectivity index (χ3v) is 4.41. The van der Waals surface area contributed by atoms with Crippen molar-refractivity contribution in [3.8, 4) is 11.4 Å². The minimum atomic E-state index is -0.383. The number of amides is 2. The molecule has 2 amide bonds. The first-order chi connectivity index (χ1) is 13.0. The van der Waals surface area contributed by atoms with Crippen LogP contribution < -0.4 is 10.6 Å². The molecular formula is C18H17BrN6O2. The van der Waals surface area contributed by atoms with Gasteiger partial charge in [-0.3, -0.25) is 9.59 Å². The van der Waals surface area contributed by atoms with Crippen LogP contribution in [0.15, 0.2) is 53.0 Å². The number of para-hydroxylation sites is 1. The maximum Gasteiger partial charge on any atom is 0.244 e. The second kappa shape index (κ2) is 8.54. The van der Waals surface area contributed by atoms with Crippen LogP contribution in [0.4, 0.5) is 5.69 Å². The summed E-state index contributed by atoms with van der Waals surface area (Å²) < 4.78 is 0.764. The molecule has 2 N–H and O–H groups in total. The molecule has 9 heteroatoms. The normalized spacial score (nSPS) is 10.4. The molecule has 0 spiro atoms. The average Bonchev–Trinajstić information content (AvgIpc) is 3.10. The summed E-state index contributed by atoms with van der Waals surface area (Å²) in [5.74, 6) is -0.263. The minimum absolute atomic E-state index is 0.124. The van der Waals surface area contributed by atoms with Gasteiger partial charge in [-0.2, -0.15) is 4.80 Å². The van der Waals surface area contributed by atoms with Crippen LogP contribution >= 0.6 is 15.9 Å². The van der Waals surface area contributed by atoms with Crippen molar-refractivity contribution in [2.24, 2.45) is 0 Å². The number of hydrogen-bond acceptors (Lipinski definition) is 5. The Kier molecular flexibility index (Phi) is 5.92. The van der Waals surface area contributed by atoms with E-state index in [9.17, 15) is 9.59 Å². The van der Waals surface area contributed by atoms with Gasteiger partial charge in [0.25, 0.3) is 0 Å². The molecule has 3 rings (SSSR count). The molecule has 3 aromatic rings. The zero-order valence-corrected chi connectivity index (χ0v) is 16.1. The Morgan fingerprint density at radius 2 is 1.81 bits per heavy atom. The molecule has 0 saturated heterocycles. The van der Waals surface area contributed by atoms with Gasteiger partial charge in [0.15, 0.2) is 0 Å². The zero-order chi connectivity index (χ0) is 19.2. The Balaban J connectivity index is 1.52. The Hall–Kier alpha value is -3.07. The first-order valence-electron chi connectivity index (χ1n) is 8.18. The number of hydrogen-bond donors (Lipinski definition) is 2. The average molecular weight is 429 g/mol. The predicted octanol–water partition coefficient (Wildman–Crippen LogP) is 2.17. The number of carbonyl (C=O) groups excluding carboxylic acids is 2. The highest BCUT2D eigenvalue weighted by Gasteiger charge is 2.12. The maximum absolute atomic E-state index is 12.0. The van der Waals surface area contributed by atoms with Crippen molar-refractivity contribution < 1.29 is 9.59 Å². The maximum atomic E-state index is 12.0. The van der Waals surface area contributed by atoms with Gasteiger partial charge in [-0.05, 0) is 45.8 Å². The summed E-state index contributed by atoms with van der Waals surface area (Å²) in [5, 5.41) is 17.3. The fourth-order valence-corrected chi connectivity index (χ4v) is 2.75. The zero-order valence-electron chi connectivity index (χ0n) is 14.5. The van der Waals surface area contributed by atoms with E-state index in [2.05, 4.69) is 42.0 Å². The van der Waals surface area contributed by atoms with Crippen LogP contribution in [0.5, 0.6) is 0 Å². The van der Waals surface area contributed by atoms with Crippen LogP contribution in [0.2, 0.25) is 0 Å². The van der Waals surface area contributed by atoms with Crippen molar-refractivity contribution in [3.05, 3.63) is 58.6 Å². The van der Waals surface area contributed by atoms with Crippen molar-refractivity contribution in [1.82, 2.24) is 25.5 Å². The lowest BCUT2D eigenvalue weighted by Gasteiger charge is -2.08. The second-order valence-electron chi connectivity index (χ2n) is 5.76. The summed E-state index contributed by atoms with van der Waals surface area (Å²) in [6.07, 6.45) is 0. The summed E-state index contributed by atoms with van der Waals surface area (Å²) in [4.78, 5) is 25.2. The molecule has 0 bridgehead atoms. The van der Waals surface area contributed by atoms with E-state index >= 15 is 0 Å². The molecule has 1 heterocycles. The lowest BCUT2D eigenvalue weighted by atomic mass is 10.1. The van der Waals surface area contributed by atoms with Crippen LogP contribution in [-0.2, 0) is 16.1 Å². The molecule has 138 valence electrons. The van der Waals surface area contributed by atoms with Crippen molar-refractivity contribution in [1.29, 1.82) is 0 Å². The van der Waals surface area contributed by atoms with Crippen molar-refractivity contribution in [2.75, 3.05) is 11.9 Å². The number of anilines is 1. The van der Waals surface area contributed by atoms with Gasteiger partial charge in [-0.25, -0.2) is 0 Å². The Morgan fingerprint density at radius 3 is 2.59 bits per heavy atom. The smallest absolute Gasteiger partial charge is 0.244 e. The molecule has 0 aliphatic heterocycles. The first-order valence-corrected chi connectivity index (χ1v) is 8.97. The van der Waals surface area contributed by atoms with Crippen molar-refractivity contribution >= 4 is 33.4 Å². The molecule has 1 aromatic heterocycles. The first kappa shape index (κ1) is 18.7. The quantitative estimate of drug-likeness (QED) is 0.626. The highest BCUT2D eigenvalue weighted by molar-refractivity contribution is 9.10. The van der Waals surface area contributed by atoms with E-state index in [0.29, 0.717) is 11.5 Å². The van der Waals surface area contributed by atoms with Gasteiger partial charge in [-0.15, -0.1) is 10.2 Å². The molecule has 0 radical (unpaired) electrons. The number of tetrazole rings is 1. The van der Waals surface area contributed by atoms with Crippen LogP contribution in [0.3, 0.4) is 0 Å². The molecule has 0 saturated carbocycles. The molecule has 0 fully saturated rings.